The summed E-state index contributed by atoms with van der Waals surface area (Å²) in [6, 6.07) is 0. The molecule has 0 saturated carbocycles. The predicted octanol–water partition coefficient (Wildman–Crippen LogP) is 0.463. The number of hydrogen-bond donors (Lipinski definition) is 2. The number of rotatable bonds is 7. The van der Waals surface area contributed by atoms with Crippen molar-refractivity contribution in [3.8, 4) is 0 Å². The Bertz CT molecular complexity index is 136. The van der Waals surface area contributed by atoms with E-state index in [0.717, 1.165) is 19.3 Å². The standard InChI is InChI=1S/C9H18O4/c1-13-9(12)7-8(11)5-3-2-4-6-10/h8,10-11H,2-7H2,1H3. The van der Waals surface area contributed by atoms with Crippen molar-refractivity contribution in [2.24, 2.45) is 0 Å². The van der Waals surface area contributed by atoms with Gasteiger partial charge in [-0.1, -0.05) is 12.8 Å². The molecule has 4 nitrogen and oxygen atoms in total. The van der Waals surface area contributed by atoms with Crippen molar-refractivity contribution >= 4 is 5.97 Å². The molecule has 0 saturated heterocycles. The van der Waals surface area contributed by atoms with E-state index in [1.807, 2.05) is 0 Å². The van der Waals surface area contributed by atoms with E-state index in [1.165, 1.54) is 7.11 Å². The summed E-state index contributed by atoms with van der Waals surface area (Å²) >= 11 is 0. The van der Waals surface area contributed by atoms with Crippen LogP contribution in [0.1, 0.15) is 32.1 Å². The molecule has 0 aliphatic carbocycles. The molecule has 0 amide bonds. The van der Waals surface area contributed by atoms with Crippen molar-refractivity contribution in [1.29, 1.82) is 0 Å². The highest BCUT2D eigenvalue weighted by atomic mass is 16.5. The van der Waals surface area contributed by atoms with Gasteiger partial charge in [0.15, 0.2) is 0 Å². The minimum absolute atomic E-state index is 0.0651. The highest BCUT2D eigenvalue weighted by Gasteiger charge is 2.09. The van der Waals surface area contributed by atoms with E-state index in [9.17, 15) is 9.90 Å². The van der Waals surface area contributed by atoms with Crippen LogP contribution in [0.15, 0.2) is 0 Å². The van der Waals surface area contributed by atoms with Crippen molar-refractivity contribution in [2.45, 2.75) is 38.2 Å². The molecule has 0 bridgehead atoms. The van der Waals surface area contributed by atoms with Gasteiger partial charge >= 0.3 is 5.97 Å². The molecule has 0 aromatic carbocycles. The van der Waals surface area contributed by atoms with Gasteiger partial charge in [0.25, 0.3) is 0 Å². The number of carbonyl (C=O) groups is 1. The largest absolute Gasteiger partial charge is 0.469 e. The van der Waals surface area contributed by atoms with Crippen LogP contribution < -0.4 is 0 Å². The fourth-order valence-electron chi connectivity index (χ4n) is 1.05. The zero-order valence-corrected chi connectivity index (χ0v) is 8.03. The maximum atomic E-state index is 10.7. The second-order valence-electron chi connectivity index (χ2n) is 3.01. The van der Waals surface area contributed by atoms with Gasteiger partial charge in [-0.25, -0.2) is 0 Å². The van der Waals surface area contributed by atoms with Gasteiger partial charge in [0.2, 0.25) is 0 Å². The molecule has 1 unspecified atom stereocenters. The molecule has 0 fully saturated rings. The van der Waals surface area contributed by atoms with Crippen molar-refractivity contribution in [3.05, 3.63) is 0 Å². The van der Waals surface area contributed by atoms with Crippen molar-refractivity contribution in [2.75, 3.05) is 13.7 Å². The Balaban J connectivity index is 3.29. The van der Waals surface area contributed by atoms with Gasteiger partial charge < -0.3 is 14.9 Å². The fourth-order valence-corrected chi connectivity index (χ4v) is 1.05. The summed E-state index contributed by atoms with van der Waals surface area (Å²) in [5.41, 5.74) is 0. The molecular formula is C9H18O4. The molecule has 0 aliphatic rings. The van der Waals surface area contributed by atoms with Crippen LogP contribution in [0, 0.1) is 0 Å². The van der Waals surface area contributed by atoms with E-state index in [2.05, 4.69) is 4.74 Å². The van der Waals surface area contributed by atoms with E-state index in [1.54, 1.807) is 0 Å². The zero-order valence-electron chi connectivity index (χ0n) is 8.03. The summed E-state index contributed by atoms with van der Waals surface area (Å²) < 4.78 is 4.41. The molecule has 0 aromatic rings. The second-order valence-corrected chi connectivity index (χ2v) is 3.01. The number of aliphatic hydroxyl groups excluding tert-OH is 2. The first-order valence-corrected chi connectivity index (χ1v) is 4.56. The van der Waals surface area contributed by atoms with Gasteiger partial charge in [0, 0.05) is 6.61 Å². The average molecular weight is 190 g/mol. The molecule has 4 heteroatoms. The number of carbonyl (C=O) groups excluding carboxylic acids is 1. The van der Waals surface area contributed by atoms with Crippen LogP contribution in [0.25, 0.3) is 0 Å². The van der Waals surface area contributed by atoms with Crippen LogP contribution in [-0.2, 0) is 9.53 Å². The predicted molar refractivity (Wildman–Crippen MR) is 48.2 cm³/mol. The Labute approximate surface area is 78.5 Å². The van der Waals surface area contributed by atoms with Crippen LogP contribution in [0.3, 0.4) is 0 Å². The van der Waals surface area contributed by atoms with E-state index >= 15 is 0 Å². The SMILES string of the molecule is COC(=O)CC(O)CCCCCO. The molecule has 1 atom stereocenters. The number of esters is 1. The summed E-state index contributed by atoms with van der Waals surface area (Å²) in [5.74, 6) is -0.380. The molecule has 0 radical (unpaired) electrons. The van der Waals surface area contributed by atoms with Crippen molar-refractivity contribution < 1.29 is 19.7 Å². The van der Waals surface area contributed by atoms with Crippen LogP contribution in [-0.4, -0.2) is 36.0 Å². The van der Waals surface area contributed by atoms with Crippen LogP contribution >= 0.6 is 0 Å². The first-order valence-electron chi connectivity index (χ1n) is 4.56. The van der Waals surface area contributed by atoms with Crippen LogP contribution in [0.4, 0.5) is 0 Å². The lowest BCUT2D eigenvalue weighted by molar-refractivity contribution is -0.142. The minimum Gasteiger partial charge on any atom is -0.469 e. The smallest absolute Gasteiger partial charge is 0.308 e. The highest BCUT2D eigenvalue weighted by molar-refractivity contribution is 5.69. The Morgan fingerprint density at radius 3 is 2.62 bits per heavy atom. The summed E-state index contributed by atoms with van der Waals surface area (Å²) in [4.78, 5) is 10.7. The molecular weight excluding hydrogens is 172 g/mol. The summed E-state index contributed by atoms with van der Waals surface area (Å²) in [6.07, 6.45) is 2.52. The molecule has 0 rings (SSSR count). The third kappa shape index (κ3) is 7.74. The van der Waals surface area contributed by atoms with Crippen molar-refractivity contribution in [3.63, 3.8) is 0 Å². The van der Waals surface area contributed by atoms with Crippen molar-refractivity contribution in [1.82, 2.24) is 0 Å². The van der Waals surface area contributed by atoms with E-state index < -0.39 is 6.10 Å². The number of aliphatic hydroxyl groups is 2. The Hall–Kier alpha value is -0.610. The first-order chi connectivity index (χ1) is 6.20. The Kier molecular flexibility index (Phi) is 7.63. The molecule has 0 aliphatic heterocycles. The maximum absolute atomic E-state index is 10.7. The van der Waals surface area contributed by atoms with Gasteiger partial charge in [-0.15, -0.1) is 0 Å². The molecule has 2 N–H and O–H groups in total. The minimum atomic E-state index is -0.605. The number of unbranched alkanes of at least 4 members (excludes halogenated alkanes) is 2. The average Bonchev–Trinajstić information content (AvgIpc) is 2.12. The first kappa shape index (κ1) is 12.4. The van der Waals surface area contributed by atoms with E-state index in [-0.39, 0.29) is 19.0 Å². The number of ether oxygens (including phenoxy) is 1. The van der Waals surface area contributed by atoms with Gasteiger partial charge in [-0.3, -0.25) is 4.79 Å². The van der Waals surface area contributed by atoms with Crippen LogP contribution in [0.2, 0.25) is 0 Å². The summed E-state index contributed by atoms with van der Waals surface area (Å²) in [5, 5.41) is 17.8. The summed E-state index contributed by atoms with van der Waals surface area (Å²) in [6.45, 7) is 0.188. The quantitative estimate of drug-likeness (QED) is 0.452. The van der Waals surface area contributed by atoms with Gasteiger partial charge in [-0.05, 0) is 12.8 Å². The lowest BCUT2D eigenvalue weighted by atomic mass is 10.1. The lowest BCUT2D eigenvalue weighted by Gasteiger charge is -2.07. The molecule has 78 valence electrons. The third-order valence-electron chi connectivity index (χ3n) is 1.83. The Morgan fingerprint density at radius 1 is 1.38 bits per heavy atom. The molecule has 13 heavy (non-hydrogen) atoms. The topological polar surface area (TPSA) is 66.8 Å². The zero-order chi connectivity index (χ0) is 10.1. The van der Waals surface area contributed by atoms with Gasteiger partial charge in [0.05, 0.1) is 19.6 Å². The molecule has 0 aromatic heterocycles. The second kappa shape index (κ2) is 8.01. The highest BCUT2D eigenvalue weighted by Crippen LogP contribution is 2.06. The molecule has 0 spiro atoms. The molecule has 0 heterocycles. The normalized spacial score (nSPS) is 12.5. The fraction of sp³-hybridized carbons (Fsp3) is 0.889. The number of methoxy groups -OCH3 is 1. The number of hydrogen-bond acceptors (Lipinski definition) is 4. The van der Waals surface area contributed by atoms with Crippen LogP contribution in [0.5, 0.6) is 0 Å². The Morgan fingerprint density at radius 2 is 2.08 bits per heavy atom. The monoisotopic (exact) mass is 190 g/mol. The van der Waals surface area contributed by atoms with E-state index in [0.29, 0.717) is 6.42 Å². The maximum Gasteiger partial charge on any atom is 0.308 e. The third-order valence-corrected chi connectivity index (χ3v) is 1.83. The lowest BCUT2D eigenvalue weighted by Crippen LogP contribution is -2.14. The van der Waals surface area contributed by atoms with Gasteiger partial charge in [-0.2, -0.15) is 0 Å². The van der Waals surface area contributed by atoms with Gasteiger partial charge in [0.1, 0.15) is 0 Å². The summed E-state index contributed by atoms with van der Waals surface area (Å²) in [7, 11) is 1.31. The van der Waals surface area contributed by atoms with E-state index in [4.69, 9.17) is 5.11 Å².